The van der Waals surface area contributed by atoms with Crippen molar-refractivity contribution in [3.8, 4) is 5.75 Å². The molecule has 0 saturated carbocycles. The number of carboxylic acid groups (broad SMARTS) is 1. The number of methoxy groups -OCH3 is 1. The molecule has 184 valence electrons. The highest BCUT2D eigenvalue weighted by Crippen LogP contribution is 2.22. The Morgan fingerprint density at radius 2 is 1.69 bits per heavy atom. The SMILES string of the molecule is COc1ccc(CC(=O)Nc2cc(Nc3ccccc3C(N)=O)ccn2)cc1.O=C(O)C(F)(F)F. The fourth-order valence-corrected chi connectivity index (χ4v) is 2.65. The van der Waals surface area contributed by atoms with Gasteiger partial charge in [0, 0.05) is 18.0 Å². The van der Waals surface area contributed by atoms with Crippen molar-refractivity contribution >= 4 is 35.0 Å². The standard InChI is InChI=1S/C21H20N4O3.C2HF3O2/c1-28-16-8-6-14(7-9-16)12-20(26)25-19-13-15(10-11-23-19)24-18-5-3-2-4-17(18)21(22)27;3-2(4,5)1(6)7/h2-11,13H,12H2,1H3,(H2,22,27)(H2,23,24,25,26);(H,6,7). The van der Waals surface area contributed by atoms with Crippen LogP contribution in [0.4, 0.5) is 30.4 Å². The second-order valence-electron chi connectivity index (χ2n) is 6.84. The summed E-state index contributed by atoms with van der Waals surface area (Å²) in [6.45, 7) is 0. The molecule has 0 atom stereocenters. The highest BCUT2D eigenvalue weighted by molar-refractivity contribution is 5.99. The van der Waals surface area contributed by atoms with Crippen molar-refractivity contribution in [2.75, 3.05) is 17.7 Å². The number of alkyl halides is 3. The molecule has 1 heterocycles. The molecule has 0 saturated heterocycles. The molecule has 35 heavy (non-hydrogen) atoms. The Bertz CT molecular complexity index is 1180. The first kappa shape index (κ1) is 26.6. The second-order valence-corrected chi connectivity index (χ2v) is 6.84. The number of nitrogens with zero attached hydrogens (tertiary/aromatic N) is 1. The summed E-state index contributed by atoms with van der Waals surface area (Å²) in [6, 6.07) is 17.6. The van der Waals surface area contributed by atoms with E-state index in [1.54, 1.807) is 49.7 Å². The number of pyridine rings is 1. The van der Waals surface area contributed by atoms with Gasteiger partial charge in [-0.05, 0) is 35.9 Å². The molecule has 0 fully saturated rings. The van der Waals surface area contributed by atoms with Crippen LogP contribution >= 0.6 is 0 Å². The van der Waals surface area contributed by atoms with Crippen LogP contribution < -0.4 is 21.1 Å². The summed E-state index contributed by atoms with van der Waals surface area (Å²) in [5, 5.41) is 13.0. The lowest BCUT2D eigenvalue weighted by Crippen LogP contribution is -2.21. The van der Waals surface area contributed by atoms with E-state index < -0.39 is 18.1 Å². The first-order valence-electron chi connectivity index (χ1n) is 9.84. The number of aromatic nitrogens is 1. The molecule has 0 spiro atoms. The Hall–Kier alpha value is -4.61. The van der Waals surface area contributed by atoms with Crippen LogP contribution in [0.15, 0.2) is 66.9 Å². The van der Waals surface area contributed by atoms with Gasteiger partial charge in [0.2, 0.25) is 5.91 Å². The molecule has 12 heteroatoms. The Labute approximate surface area is 197 Å². The zero-order valence-corrected chi connectivity index (χ0v) is 18.3. The number of amides is 2. The Kier molecular flexibility index (Phi) is 9.15. The average Bonchev–Trinajstić information content (AvgIpc) is 2.80. The number of benzene rings is 2. The quantitative estimate of drug-likeness (QED) is 0.395. The molecule has 0 unspecified atom stereocenters. The molecule has 0 bridgehead atoms. The predicted octanol–water partition coefficient (Wildman–Crippen LogP) is 3.75. The van der Waals surface area contributed by atoms with Gasteiger partial charge in [0.15, 0.2) is 0 Å². The maximum absolute atomic E-state index is 12.3. The minimum absolute atomic E-state index is 0.188. The van der Waals surface area contributed by atoms with Gasteiger partial charge >= 0.3 is 12.1 Å². The lowest BCUT2D eigenvalue weighted by molar-refractivity contribution is -0.192. The summed E-state index contributed by atoms with van der Waals surface area (Å²) < 4.78 is 36.8. The molecular formula is C23H21F3N4O5. The van der Waals surface area contributed by atoms with Gasteiger partial charge in [0.05, 0.1) is 24.8 Å². The number of carboxylic acids is 1. The fraction of sp³-hybridized carbons (Fsp3) is 0.130. The Balaban J connectivity index is 0.000000540. The largest absolute Gasteiger partial charge is 0.497 e. The number of carbonyl (C=O) groups excluding carboxylic acids is 2. The molecule has 0 aliphatic carbocycles. The Morgan fingerprint density at radius 1 is 1.06 bits per heavy atom. The van der Waals surface area contributed by atoms with Gasteiger partial charge in [-0.2, -0.15) is 13.2 Å². The van der Waals surface area contributed by atoms with E-state index in [0.29, 0.717) is 22.8 Å². The van der Waals surface area contributed by atoms with Crippen molar-refractivity contribution in [2.24, 2.45) is 5.73 Å². The first-order valence-corrected chi connectivity index (χ1v) is 9.84. The lowest BCUT2D eigenvalue weighted by Gasteiger charge is -2.11. The number of rotatable bonds is 7. The van der Waals surface area contributed by atoms with Crippen molar-refractivity contribution in [1.29, 1.82) is 0 Å². The lowest BCUT2D eigenvalue weighted by atomic mass is 10.1. The molecule has 3 rings (SSSR count). The number of para-hydroxylation sites is 1. The van der Waals surface area contributed by atoms with Crippen molar-refractivity contribution in [3.05, 3.63) is 78.0 Å². The minimum Gasteiger partial charge on any atom is -0.497 e. The highest BCUT2D eigenvalue weighted by Gasteiger charge is 2.38. The van der Waals surface area contributed by atoms with E-state index in [4.69, 9.17) is 20.4 Å². The van der Waals surface area contributed by atoms with Crippen molar-refractivity contribution in [1.82, 2.24) is 4.98 Å². The molecular weight excluding hydrogens is 469 g/mol. The van der Waals surface area contributed by atoms with Crippen LogP contribution in [0.1, 0.15) is 15.9 Å². The number of nitrogens with one attached hydrogen (secondary N) is 2. The second kappa shape index (κ2) is 12.0. The summed E-state index contributed by atoms with van der Waals surface area (Å²) >= 11 is 0. The van der Waals surface area contributed by atoms with Gasteiger partial charge in [0.1, 0.15) is 11.6 Å². The topological polar surface area (TPSA) is 144 Å². The average molecular weight is 490 g/mol. The van der Waals surface area contributed by atoms with Crippen molar-refractivity contribution in [3.63, 3.8) is 0 Å². The number of nitrogens with two attached hydrogens (primary N) is 1. The van der Waals surface area contributed by atoms with Crippen LogP contribution in [0.2, 0.25) is 0 Å². The van der Waals surface area contributed by atoms with E-state index in [1.165, 1.54) is 0 Å². The Morgan fingerprint density at radius 3 is 2.26 bits per heavy atom. The van der Waals surface area contributed by atoms with E-state index in [-0.39, 0.29) is 12.3 Å². The predicted molar refractivity (Wildman–Crippen MR) is 121 cm³/mol. The first-order chi connectivity index (χ1) is 16.5. The number of hydrogen-bond acceptors (Lipinski definition) is 6. The van der Waals surface area contributed by atoms with Crippen LogP contribution in [0.3, 0.4) is 0 Å². The van der Waals surface area contributed by atoms with E-state index in [0.717, 1.165) is 11.3 Å². The third kappa shape index (κ3) is 8.68. The van der Waals surface area contributed by atoms with Crippen LogP contribution in [0, 0.1) is 0 Å². The molecule has 3 aromatic rings. The van der Waals surface area contributed by atoms with Crippen LogP contribution in [-0.2, 0) is 16.0 Å². The van der Waals surface area contributed by atoms with Crippen LogP contribution in [0.5, 0.6) is 5.75 Å². The third-order valence-corrected chi connectivity index (χ3v) is 4.27. The van der Waals surface area contributed by atoms with E-state index in [9.17, 15) is 22.8 Å². The van der Waals surface area contributed by atoms with Crippen LogP contribution in [-0.4, -0.2) is 41.2 Å². The summed E-state index contributed by atoms with van der Waals surface area (Å²) in [6.07, 6.45) is -3.30. The smallest absolute Gasteiger partial charge is 0.490 e. The monoisotopic (exact) mass is 490 g/mol. The summed E-state index contributed by atoms with van der Waals surface area (Å²) in [5.74, 6) is -2.33. The molecule has 0 aliphatic rings. The third-order valence-electron chi connectivity index (χ3n) is 4.27. The van der Waals surface area contributed by atoms with Gasteiger partial charge in [-0.3, -0.25) is 9.59 Å². The number of halogens is 3. The molecule has 0 radical (unpaired) electrons. The maximum Gasteiger partial charge on any atom is 0.490 e. The van der Waals surface area contributed by atoms with Gasteiger partial charge in [-0.15, -0.1) is 0 Å². The summed E-state index contributed by atoms with van der Waals surface area (Å²) in [4.78, 5) is 36.9. The zero-order valence-electron chi connectivity index (χ0n) is 18.3. The van der Waals surface area contributed by atoms with E-state index in [1.807, 2.05) is 24.3 Å². The number of carbonyl (C=O) groups is 3. The van der Waals surface area contributed by atoms with Gasteiger partial charge in [0.25, 0.3) is 5.91 Å². The number of ether oxygens (including phenoxy) is 1. The van der Waals surface area contributed by atoms with Crippen LogP contribution in [0.25, 0.3) is 0 Å². The fourth-order valence-electron chi connectivity index (χ4n) is 2.65. The van der Waals surface area contributed by atoms with Gasteiger partial charge < -0.3 is 26.2 Å². The van der Waals surface area contributed by atoms with Gasteiger partial charge in [-0.1, -0.05) is 24.3 Å². The molecule has 1 aromatic heterocycles. The molecule has 0 aliphatic heterocycles. The number of anilines is 3. The highest BCUT2D eigenvalue weighted by atomic mass is 19.4. The molecule has 9 nitrogen and oxygen atoms in total. The summed E-state index contributed by atoms with van der Waals surface area (Å²) in [7, 11) is 1.59. The number of primary amides is 1. The zero-order chi connectivity index (χ0) is 26.0. The van der Waals surface area contributed by atoms with E-state index in [2.05, 4.69) is 15.6 Å². The molecule has 5 N–H and O–H groups in total. The maximum atomic E-state index is 12.3. The van der Waals surface area contributed by atoms with Crippen molar-refractivity contribution in [2.45, 2.75) is 12.6 Å². The minimum atomic E-state index is -5.08. The van der Waals surface area contributed by atoms with E-state index >= 15 is 0 Å². The summed E-state index contributed by atoms with van der Waals surface area (Å²) in [5.41, 5.74) is 7.89. The number of aliphatic carboxylic acids is 1. The van der Waals surface area contributed by atoms with Crippen molar-refractivity contribution < 1.29 is 37.4 Å². The molecule has 2 amide bonds. The van der Waals surface area contributed by atoms with Gasteiger partial charge in [-0.25, -0.2) is 9.78 Å². The molecule has 2 aromatic carbocycles. The number of hydrogen-bond donors (Lipinski definition) is 4. The normalized spacial score (nSPS) is 10.4.